The molecule has 3 nitrogen and oxygen atoms in total. The fourth-order valence-electron chi connectivity index (χ4n) is 3.00. The van der Waals surface area contributed by atoms with Gasteiger partial charge in [-0.3, -0.25) is 0 Å². The summed E-state index contributed by atoms with van der Waals surface area (Å²) in [7, 11) is 0. The number of carboxylic acids is 1. The normalized spacial score (nSPS) is 14.1. The van der Waals surface area contributed by atoms with Crippen LogP contribution in [0.1, 0.15) is 31.4 Å². The van der Waals surface area contributed by atoms with Crippen LogP contribution in [-0.4, -0.2) is 17.8 Å². The number of carbonyl (C=O) groups is 1. The summed E-state index contributed by atoms with van der Waals surface area (Å²) in [5.41, 5.74) is 6.12. The van der Waals surface area contributed by atoms with Crippen molar-refractivity contribution < 1.29 is 15.6 Å². The lowest BCUT2D eigenvalue weighted by Crippen LogP contribution is -2.69. The molecule has 128 valence electrons. The molecule has 0 saturated heterocycles. The van der Waals surface area contributed by atoms with E-state index >= 15 is 0 Å². The van der Waals surface area contributed by atoms with Crippen molar-refractivity contribution in [3.8, 4) is 0 Å². The second kappa shape index (κ2) is 8.36. The van der Waals surface area contributed by atoms with Gasteiger partial charge in [-0.1, -0.05) is 80.9 Å². The van der Waals surface area contributed by atoms with E-state index in [0.717, 1.165) is 6.42 Å². The predicted octanol–water partition coefficient (Wildman–Crippen LogP) is 2.07. The van der Waals surface area contributed by atoms with E-state index in [-0.39, 0.29) is 4.75 Å². The predicted molar refractivity (Wildman–Crippen MR) is 97.3 cm³/mol. The van der Waals surface area contributed by atoms with Crippen molar-refractivity contribution in [2.24, 2.45) is 5.92 Å². The van der Waals surface area contributed by atoms with Gasteiger partial charge in [0.25, 0.3) is 0 Å². The van der Waals surface area contributed by atoms with Gasteiger partial charge in [-0.25, -0.2) is 0 Å². The molecule has 2 atom stereocenters. The highest BCUT2D eigenvalue weighted by molar-refractivity contribution is 8.00. The molecule has 3 N–H and O–H groups in total. The first kappa shape index (κ1) is 18.6. The maximum absolute atomic E-state index is 11.1. The number of benzene rings is 2. The van der Waals surface area contributed by atoms with Gasteiger partial charge in [0.05, 0.1) is 16.5 Å². The van der Waals surface area contributed by atoms with Crippen LogP contribution >= 0.6 is 11.8 Å². The Kier molecular flexibility index (Phi) is 6.46. The second-order valence-corrected chi connectivity index (χ2v) is 7.37. The van der Waals surface area contributed by atoms with Crippen molar-refractivity contribution in [2.45, 2.75) is 31.1 Å². The van der Waals surface area contributed by atoms with Crippen molar-refractivity contribution >= 4 is 17.7 Å². The number of aliphatic carboxylic acids is 1. The van der Waals surface area contributed by atoms with Gasteiger partial charge in [0, 0.05) is 0 Å². The van der Waals surface area contributed by atoms with E-state index in [1.807, 2.05) is 36.4 Å². The average molecular weight is 343 g/mol. The third kappa shape index (κ3) is 3.82. The first-order valence-corrected chi connectivity index (χ1v) is 9.29. The summed E-state index contributed by atoms with van der Waals surface area (Å²) in [6, 6.07) is 19.9. The summed E-state index contributed by atoms with van der Waals surface area (Å²) >= 11 is 1.66. The molecule has 0 aliphatic rings. The molecule has 0 heterocycles. The van der Waals surface area contributed by atoms with E-state index in [9.17, 15) is 9.90 Å². The lowest BCUT2D eigenvalue weighted by molar-refractivity contribution is -0.431. The SMILES string of the molecule is CC[C@@H](C)C(SC[C@H]([NH3+])C(=O)[O-])(c1ccccc1)c1ccccc1. The Balaban J connectivity index is 2.54. The molecule has 2 aromatic carbocycles. The molecule has 0 fully saturated rings. The Hall–Kier alpha value is -1.78. The first-order valence-electron chi connectivity index (χ1n) is 8.31. The van der Waals surface area contributed by atoms with E-state index in [4.69, 9.17) is 0 Å². The number of thioether (sulfide) groups is 1. The zero-order valence-corrected chi connectivity index (χ0v) is 15.1. The van der Waals surface area contributed by atoms with Crippen molar-refractivity contribution in [1.82, 2.24) is 0 Å². The Labute approximate surface area is 148 Å². The lowest BCUT2D eigenvalue weighted by Gasteiger charge is -2.40. The summed E-state index contributed by atoms with van der Waals surface area (Å²) < 4.78 is -0.303. The minimum Gasteiger partial charge on any atom is -0.544 e. The van der Waals surface area contributed by atoms with Crippen molar-refractivity contribution in [3.63, 3.8) is 0 Å². The van der Waals surface area contributed by atoms with Crippen molar-refractivity contribution in [3.05, 3.63) is 71.8 Å². The highest BCUT2D eigenvalue weighted by atomic mass is 32.2. The molecule has 0 unspecified atom stereocenters. The summed E-state index contributed by atoms with van der Waals surface area (Å²) in [5.74, 6) is -0.348. The van der Waals surface area contributed by atoms with Gasteiger partial charge in [-0.05, 0) is 17.0 Å². The molecular formula is C20H25NO2S. The Morgan fingerprint density at radius 3 is 1.92 bits per heavy atom. The first-order chi connectivity index (χ1) is 11.5. The van der Waals surface area contributed by atoms with Gasteiger partial charge < -0.3 is 15.6 Å². The maximum Gasteiger partial charge on any atom is 0.134 e. The van der Waals surface area contributed by atoms with Crippen LogP contribution < -0.4 is 10.8 Å². The fourth-order valence-corrected chi connectivity index (χ4v) is 4.66. The molecule has 0 bridgehead atoms. The zero-order valence-electron chi connectivity index (χ0n) is 14.3. The van der Waals surface area contributed by atoms with E-state index < -0.39 is 12.0 Å². The molecule has 4 heteroatoms. The molecule has 0 saturated carbocycles. The highest BCUT2D eigenvalue weighted by Crippen LogP contribution is 2.49. The van der Waals surface area contributed by atoms with E-state index in [1.54, 1.807) is 11.8 Å². The Bertz CT molecular complexity index is 606. The molecule has 2 aromatic rings. The van der Waals surface area contributed by atoms with Gasteiger partial charge in [0.2, 0.25) is 0 Å². The summed E-state index contributed by atoms with van der Waals surface area (Å²) in [6.45, 7) is 4.40. The van der Waals surface area contributed by atoms with Gasteiger partial charge >= 0.3 is 0 Å². The van der Waals surface area contributed by atoms with Crippen LogP contribution in [0.25, 0.3) is 0 Å². The second-order valence-electron chi connectivity index (χ2n) is 6.10. The van der Waals surface area contributed by atoms with Gasteiger partial charge in [-0.15, -0.1) is 11.8 Å². The minimum atomic E-state index is -1.10. The highest BCUT2D eigenvalue weighted by Gasteiger charge is 2.40. The molecule has 0 aromatic heterocycles. The van der Waals surface area contributed by atoms with Gasteiger partial charge in [-0.2, -0.15) is 0 Å². The third-order valence-electron chi connectivity index (χ3n) is 4.56. The van der Waals surface area contributed by atoms with Crippen LogP contribution in [0, 0.1) is 5.92 Å². The Morgan fingerprint density at radius 2 is 1.54 bits per heavy atom. The zero-order chi connectivity index (χ0) is 17.6. The molecule has 0 aliphatic heterocycles. The number of rotatable bonds is 8. The van der Waals surface area contributed by atoms with Crippen molar-refractivity contribution in [2.75, 3.05) is 5.75 Å². The van der Waals surface area contributed by atoms with Crippen LogP contribution in [0.2, 0.25) is 0 Å². The number of hydrogen-bond acceptors (Lipinski definition) is 3. The number of hydrogen-bond donors (Lipinski definition) is 1. The van der Waals surface area contributed by atoms with Crippen LogP contribution in [0.15, 0.2) is 60.7 Å². The lowest BCUT2D eigenvalue weighted by atomic mass is 9.79. The van der Waals surface area contributed by atoms with Crippen molar-refractivity contribution in [1.29, 1.82) is 0 Å². The number of carbonyl (C=O) groups excluding carboxylic acids is 1. The molecule has 0 spiro atoms. The van der Waals surface area contributed by atoms with E-state index in [2.05, 4.69) is 43.8 Å². The molecule has 0 aliphatic carbocycles. The minimum absolute atomic E-state index is 0.303. The topological polar surface area (TPSA) is 67.8 Å². The van der Waals surface area contributed by atoms with Gasteiger partial charge in [0.15, 0.2) is 0 Å². The quantitative estimate of drug-likeness (QED) is 0.798. The van der Waals surface area contributed by atoms with Crippen LogP contribution in [0.3, 0.4) is 0 Å². The van der Waals surface area contributed by atoms with E-state index in [1.165, 1.54) is 11.1 Å². The number of quaternary nitrogens is 1. The molecule has 0 amide bonds. The molecule has 24 heavy (non-hydrogen) atoms. The van der Waals surface area contributed by atoms with Crippen LogP contribution in [0.5, 0.6) is 0 Å². The molecule has 2 rings (SSSR count). The standard InChI is InChI=1S/C20H25NO2S/c1-3-15(2)20(16-10-6-4-7-11-16,17-12-8-5-9-13-17)24-14-18(21)19(22)23/h4-13,15,18H,3,14,21H2,1-2H3,(H,22,23)/t15-,18+/m1/s1. The summed E-state index contributed by atoms with van der Waals surface area (Å²) in [4.78, 5) is 11.1. The molecular weight excluding hydrogens is 318 g/mol. The Morgan fingerprint density at radius 1 is 1.08 bits per heavy atom. The fraction of sp³-hybridized carbons (Fsp3) is 0.350. The van der Waals surface area contributed by atoms with Gasteiger partial charge in [0.1, 0.15) is 6.04 Å². The summed E-state index contributed by atoms with van der Waals surface area (Å²) in [5, 5.41) is 11.1. The van der Waals surface area contributed by atoms with Crippen LogP contribution in [0.4, 0.5) is 0 Å². The average Bonchev–Trinajstić information content (AvgIpc) is 2.63. The molecule has 0 radical (unpaired) electrons. The number of carboxylic acid groups (broad SMARTS) is 1. The third-order valence-corrected chi connectivity index (χ3v) is 6.46. The van der Waals surface area contributed by atoms with E-state index in [0.29, 0.717) is 11.7 Å². The largest absolute Gasteiger partial charge is 0.544 e. The smallest absolute Gasteiger partial charge is 0.134 e. The van der Waals surface area contributed by atoms with Crippen LogP contribution in [-0.2, 0) is 9.54 Å². The monoisotopic (exact) mass is 343 g/mol. The maximum atomic E-state index is 11.1. The summed E-state index contributed by atoms with van der Waals surface area (Å²) in [6.07, 6.45) is 0.990.